The molecule has 3 N–H and O–H groups in total. The molecule has 0 spiro atoms. The molecule has 0 aliphatic heterocycles. The maximum atomic E-state index is 10.6. The molecule has 7 nitrogen and oxygen atoms in total. The Morgan fingerprint density at radius 1 is 1.18 bits per heavy atom. The molecule has 2 aromatic carbocycles. The standard InChI is InChI=1S/C19H21Cl2N3O4/c1-12-8-14(4-5-15(12)20)27-6-3-7-28-18-16(21)9-13(10-17(18)26-2)11-23-24-19(22)25/h4-5,8-11H,3,6-7H2,1-2H3,(H3,22,24,25)/b23-11+. The van der Waals surface area contributed by atoms with Crippen molar-refractivity contribution >= 4 is 35.4 Å². The lowest BCUT2D eigenvalue weighted by atomic mass is 10.2. The largest absolute Gasteiger partial charge is 0.493 e. The molecule has 9 heteroatoms. The van der Waals surface area contributed by atoms with Gasteiger partial charge in [0.05, 0.1) is 31.6 Å². The number of halogens is 2. The van der Waals surface area contributed by atoms with Gasteiger partial charge in [-0.25, -0.2) is 10.2 Å². The third kappa shape index (κ3) is 6.51. The zero-order chi connectivity index (χ0) is 20.5. The summed E-state index contributed by atoms with van der Waals surface area (Å²) in [5, 5.41) is 4.75. The fourth-order valence-corrected chi connectivity index (χ4v) is 2.65. The molecule has 0 aliphatic rings. The number of methoxy groups -OCH3 is 1. The molecule has 28 heavy (non-hydrogen) atoms. The molecule has 2 rings (SSSR count). The van der Waals surface area contributed by atoms with Gasteiger partial charge in [0.1, 0.15) is 5.75 Å². The van der Waals surface area contributed by atoms with Crippen LogP contribution in [0.25, 0.3) is 0 Å². The Hall–Kier alpha value is -2.64. The lowest BCUT2D eigenvalue weighted by Gasteiger charge is -2.13. The van der Waals surface area contributed by atoms with E-state index in [4.69, 9.17) is 43.1 Å². The molecule has 0 unspecified atom stereocenters. The summed E-state index contributed by atoms with van der Waals surface area (Å²) in [5.74, 6) is 1.62. The quantitative estimate of drug-likeness (QED) is 0.358. The monoisotopic (exact) mass is 425 g/mol. The fraction of sp³-hybridized carbons (Fsp3) is 0.263. The molecule has 0 saturated carbocycles. The number of benzene rings is 2. The number of rotatable bonds is 9. The maximum Gasteiger partial charge on any atom is 0.332 e. The van der Waals surface area contributed by atoms with Gasteiger partial charge in [0.2, 0.25) is 0 Å². The van der Waals surface area contributed by atoms with E-state index in [1.165, 1.54) is 13.3 Å². The van der Waals surface area contributed by atoms with E-state index in [9.17, 15) is 4.79 Å². The number of hydrogen-bond donors (Lipinski definition) is 2. The third-order valence-corrected chi connectivity index (χ3v) is 4.28. The van der Waals surface area contributed by atoms with Crippen LogP contribution in [-0.4, -0.2) is 32.6 Å². The first-order valence-corrected chi connectivity index (χ1v) is 9.14. The van der Waals surface area contributed by atoms with Gasteiger partial charge in [0.25, 0.3) is 0 Å². The summed E-state index contributed by atoms with van der Waals surface area (Å²) < 4.78 is 16.7. The summed E-state index contributed by atoms with van der Waals surface area (Å²) in [7, 11) is 1.51. The first-order chi connectivity index (χ1) is 13.4. The van der Waals surface area contributed by atoms with Gasteiger partial charge in [-0.1, -0.05) is 23.2 Å². The number of nitrogens with two attached hydrogens (primary N) is 1. The van der Waals surface area contributed by atoms with Crippen molar-refractivity contribution in [2.75, 3.05) is 20.3 Å². The summed E-state index contributed by atoms with van der Waals surface area (Å²) in [5.41, 5.74) is 8.63. The minimum absolute atomic E-state index is 0.356. The minimum atomic E-state index is -0.759. The molecule has 0 saturated heterocycles. The van der Waals surface area contributed by atoms with Crippen LogP contribution in [0.2, 0.25) is 10.0 Å². The molecule has 2 aromatic rings. The van der Waals surface area contributed by atoms with Gasteiger partial charge in [-0.15, -0.1) is 0 Å². The number of hydrogen-bond acceptors (Lipinski definition) is 5. The highest BCUT2D eigenvalue weighted by molar-refractivity contribution is 6.32. The van der Waals surface area contributed by atoms with Crippen LogP contribution in [0.5, 0.6) is 17.2 Å². The number of aryl methyl sites for hydroxylation is 1. The van der Waals surface area contributed by atoms with Gasteiger partial charge < -0.3 is 19.9 Å². The lowest BCUT2D eigenvalue weighted by Crippen LogP contribution is -2.24. The number of hydrazone groups is 1. The molecule has 0 fully saturated rings. The van der Waals surface area contributed by atoms with Crippen LogP contribution in [0.1, 0.15) is 17.5 Å². The Morgan fingerprint density at radius 3 is 2.61 bits per heavy atom. The van der Waals surface area contributed by atoms with Crippen LogP contribution in [0.15, 0.2) is 35.4 Å². The van der Waals surface area contributed by atoms with Crippen LogP contribution >= 0.6 is 23.2 Å². The average molecular weight is 426 g/mol. The summed E-state index contributed by atoms with van der Waals surface area (Å²) >= 11 is 12.3. The number of carbonyl (C=O) groups excluding carboxylic acids is 1. The Morgan fingerprint density at radius 2 is 1.93 bits per heavy atom. The molecule has 0 heterocycles. The molecule has 2 amide bonds. The number of nitrogens with one attached hydrogen (secondary N) is 1. The van der Waals surface area contributed by atoms with Crippen LogP contribution in [0.3, 0.4) is 0 Å². The SMILES string of the molecule is COc1cc(/C=N/NC(N)=O)cc(Cl)c1OCCCOc1ccc(Cl)c(C)c1. The Bertz CT molecular complexity index is 859. The topological polar surface area (TPSA) is 95.2 Å². The van der Waals surface area contributed by atoms with Gasteiger partial charge in [0.15, 0.2) is 11.5 Å². The molecular weight excluding hydrogens is 405 g/mol. The van der Waals surface area contributed by atoms with Crippen molar-refractivity contribution in [2.45, 2.75) is 13.3 Å². The summed E-state index contributed by atoms with van der Waals surface area (Å²) in [4.78, 5) is 10.6. The second-order valence-corrected chi connectivity index (χ2v) is 6.54. The van der Waals surface area contributed by atoms with E-state index in [2.05, 4.69) is 10.5 Å². The maximum absolute atomic E-state index is 10.6. The van der Waals surface area contributed by atoms with E-state index in [0.29, 0.717) is 46.7 Å². The highest BCUT2D eigenvalue weighted by Gasteiger charge is 2.11. The van der Waals surface area contributed by atoms with Crippen molar-refractivity contribution in [3.63, 3.8) is 0 Å². The normalized spacial score (nSPS) is 10.7. The lowest BCUT2D eigenvalue weighted by molar-refractivity contribution is 0.240. The van der Waals surface area contributed by atoms with Crippen molar-refractivity contribution in [1.82, 2.24) is 5.43 Å². The first-order valence-electron chi connectivity index (χ1n) is 8.38. The van der Waals surface area contributed by atoms with E-state index in [1.54, 1.807) is 18.2 Å². The number of ether oxygens (including phenoxy) is 3. The summed E-state index contributed by atoms with van der Waals surface area (Å²) in [6, 6.07) is 8.07. The molecule has 0 bridgehead atoms. The smallest absolute Gasteiger partial charge is 0.332 e. The fourth-order valence-electron chi connectivity index (χ4n) is 2.25. The third-order valence-electron chi connectivity index (χ3n) is 3.57. The van der Waals surface area contributed by atoms with Crippen LogP contribution < -0.4 is 25.4 Å². The first kappa shape index (κ1) is 21.7. The van der Waals surface area contributed by atoms with Crippen LogP contribution in [0.4, 0.5) is 4.79 Å². The van der Waals surface area contributed by atoms with Crippen LogP contribution in [-0.2, 0) is 0 Å². The van der Waals surface area contributed by atoms with E-state index >= 15 is 0 Å². The van der Waals surface area contributed by atoms with Crippen LogP contribution in [0, 0.1) is 6.92 Å². The highest BCUT2D eigenvalue weighted by Crippen LogP contribution is 2.36. The molecular formula is C19H21Cl2N3O4. The van der Waals surface area contributed by atoms with E-state index in [1.807, 2.05) is 19.1 Å². The van der Waals surface area contributed by atoms with Crippen molar-refractivity contribution in [1.29, 1.82) is 0 Å². The zero-order valence-electron chi connectivity index (χ0n) is 15.5. The Labute approximate surface area is 173 Å². The Kier molecular flexibility index (Phi) is 8.22. The summed E-state index contributed by atoms with van der Waals surface area (Å²) in [6.07, 6.45) is 2.04. The summed E-state index contributed by atoms with van der Waals surface area (Å²) in [6.45, 7) is 2.79. The second-order valence-electron chi connectivity index (χ2n) is 5.73. The minimum Gasteiger partial charge on any atom is -0.493 e. The predicted molar refractivity (Wildman–Crippen MR) is 110 cm³/mol. The highest BCUT2D eigenvalue weighted by atomic mass is 35.5. The van der Waals surface area contributed by atoms with E-state index in [0.717, 1.165) is 11.3 Å². The number of carbonyl (C=O) groups is 1. The molecule has 0 atom stereocenters. The molecule has 150 valence electrons. The van der Waals surface area contributed by atoms with Gasteiger partial charge in [-0.2, -0.15) is 5.10 Å². The van der Waals surface area contributed by atoms with E-state index < -0.39 is 6.03 Å². The number of primary amides is 1. The molecule has 0 aliphatic carbocycles. The van der Waals surface area contributed by atoms with Crippen molar-refractivity contribution < 1.29 is 19.0 Å². The molecule has 0 aromatic heterocycles. The van der Waals surface area contributed by atoms with Crippen molar-refractivity contribution in [3.8, 4) is 17.2 Å². The number of amides is 2. The van der Waals surface area contributed by atoms with E-state index in [-0.39, 0.29) is 0 Å². The average Bonchev–Trinajstić information content (AvgIpc) is 2.65. The Balaban J connectivity index is 1.89. The second kappa shape index (κ2) is 10.6. The number of nitrogens with zero attached hydrogens (tertiary/aromatic N) is 1. The van der Waals surface area contributed by atoms with Crippen molar-refractivity contribution in [2.24, 2.45) is 10.8 Å². The van der Waals surface area contributed by atoms with Gasteiger partial charge in [-0.05, 0) is 48.4 Å². The van der Waals surface area contributed by atoms with Crippen molar-refractivity contribution in [3.05, 3.63) is 51.5 Å². The number of urea groups is 1. The van der Waals surface area contributed by atoms with Gasteiger partial charge in [0, 0.05) is 11.4 Å². The zero-order valence-corrected chi connectivity index (χ0v) is 17.0. The molecule has 0 radical (unpaired) electrons. The van der Waals surface area contributed by atoms with Gasteiger partial charge >= 0.3 is 6.03 Å². The predicted octanol–water partition coefficient (Wildman–Crippen LogP) is 4.16. The van der Waals surface area contributed by atoms with Gasteiger partial charge in [-0.3, -0.25) is 0 Å².